The molecule has 0 aliphatic carbocycles. The van der Waals surface area contributed by atoms with Gasteiger partial charge in [0.15, 0.2) is 17.4 Å². The molecule has 0 radical (unpaired) electrons. The molecular weight excluding hydrogens is 339 g/mol. The Morgan fingerprint density at radius 2 is 1.42 bits per heavy atom. The van der Waals surface area contributed by atoms with Gasteiger partial charge < -0.3 is 10.2 Å². The Morgan fingerprint density at radius 3 is 2.08 bits per heavy atom. The zero-order chi connectivity index (χ0) is 18.0. The molecule has 0 bridgehead atoms. The van der Waals surface area contributed by atoms with Crippen molar-refractivity contribution in [1.29, 1.82) is 0 Å². The first-order chi connectivity index (χ1) is 11.9. The van der Waals surface area contributed by atoms with E-state index in [0.29, 0.717) is 0 Å². The predicted molar refractivity (Wildman–Crippen MR) is 109 cm³/mol. The van der Waals surface area contributed by atoms with Gasteiger partial charge in [0.2, 0.25) is 0 Å². The van der Waals surface area contributed by atoms with Gasteiger partial charge in [-0.05, 0) is 34.4 Å². The van der Waals surface area contributed by atoms with E-state index in [1.807, 2.05) is 30.3 Å². The van der Waals surface area contributed by atoms with Crippen molar-refractivity contribution >= 4 is 23.3 Å². The number of hydrogen-bond donors (Lipinski definition) is 2. The Kier molecular flexibility index (Phi) is 5.92. The van der Waals surface area contributed by atoms with Gasteiger partial charge in [0, 0.05) is 5.41 Å². The van der Waals surface area contributed by atoms with Crippen molar-refractivity contribution in [1.82, 2.24) is 0 Å². The summed E-state index contributed by atoms with van der Waals surface area (Å²) in [5.41, 5.74) is 3.69. The van der Waals surface area contributed by atoms with E-state index in [2.05, 4.69) is 38.1 Å². The zero-order valence-electron chi connectivity index (χ0n) is 14.2. The maximum absolute atomic E-state index is 11.3. The minimum atomic E-state index is -1.13. The molecule has 2 N–H and O–H groups in total. The summed E-state index contributed by atoms with van der Waals surface area (Å²) in [6.07, 6.45) is 0. The van der Waals surface area contributed by atoms with Crippen molar-refractivity contribution in [2.24, 2.45) is 0 Å². The van der Waals surface area contributed by atoms with Gasteiger partial charge in [-0.2, -0.15) is 0 Å². The molecule has 3 aromatic rings. The summed E-state index contributed by atoms with van der Waals surface area (Å²) in [5, 5.41) is 19.0. The summed E-state index contributed by atoms with van der Waals surface area (Å²) in [6, 6.07) is 23.1. The van der Waals surface area contributed by atoms with Crippen LogP contribution in [0.3, 0.4) is 0 Å². The molecule has 0 saturated carbocycles. The quantitative estimate of drug-likeness (QED) is 0.692. The molecule has 0 saturated heterocycles. The monoisotopic (exact) mass is 362 g/mol. The Hall–Kier alpha value is -2.54. The summed E-state index contributed by atoms with van der Waals surface area (Å²) in [5.74, 6) is -1.35. The standard InChI is InChI=1S/C22H20O3.Al.3H/c1-22(2,18-11-12-20(23)19(14-18)21(24)25)17-10-6-9-16(13-17)15-7-4-3-5-8-15;;;;/h3-14,23H,1-2H3,(H,24,25);;;;. The van der Waals surface area contributed by atoms with Crippen LogP contribution >= 0.6 is 0 Å². The Morgan fingerprint density at radius 1 is 0.808 bits per heavy atom. The number of benzene rings is 3. The molecule has 0 unspecified atom stereocenters. The second-order valence-electron chi connectivity index (χ2n) is 6.61. The molecular formula is C22H23AlO3. The normalized spacial score (nSPS) is 10.8. The number of hydrogen-bond acceptors (Lipinski definition) is 2. The molecule has 0 amide bonds. The van der Waals surface area contributed by atoms with Crippen LogP contribution in [-0.2, 0) is 5.41 Å². The van der Waals surface area contributed by atoms with Crippen molar-refractivity contribution in [2.75, 3.05) is 0 Å². The van der Waals surface area contributed by atoms with Crippen molar-refractivity contribution in [2.45, 2.75) is 19.3 Å². The third kappa shape index (κ3) is 3.83. The van der Waals surface area contributed by atoms with Gasteiger partial charge in [0.25, 0.3) is 0 Å². The van der Waals surface area contributed by atoms with E-state index in [1.165, 1.54) is 6.07 Å². The fourth-order valence-corrected chi connectivity index (χ4v) is 2.98. The van der Waals surface area contributed by atoms with Crippen LogP contribution in [0.4, 0.5) is 0 Å². The fraction of sp³-hybridized carbons (Fsp3) is 0.136. The smallest absolute Gasteiger partial charge is 0.339 e. The van der Waals surface area contributed by atoms with Crippen LogP contribution in [0.2, 0.25) is 0 Å². The lowest BCUT2D eigenvalue weighted by atomic mass is 9.77. The Balaban J connectivity index is 0.00000243. The lowest BCUT2D eigenvalue weighted by Gasteiger charge is -2.27. The van der Waals surface area contributed by atoms with Crippen LogP contribution in [0, 0.1) is 0 Å². The predicted octanol–water partition coefficient (Wildman–Crippen LogP) is 3.90. The van der Waals surface area contributed by atoms with E-state index in [4.69, 9.17) is 0 Å². The van der Waals surface area contributed by atoms with Crippen molar-refractivity contribution in [3.8, 4) is 16.9 Å². The highest BCUT2D eigenvalue weighted by Crippen LogP contribution is 2.35. The van der Waals surface area contributed by atoms with Gasteiger partial charge in [0.1, 0.15) is 11.3 Å². The second-order valence-corrected chi connectivity index (χ2v) is 6.61. The van der Waals surface area contributed by atoms with Gasteiger partial charge in [0.05, 0.1) is 0 Å². The molecule has 3 rings (SSSR count). The van der Waals surface area contributed by atoms with E-state index >= 15 is 0 Å². The Bertz CT molecular complexity index is 918. The van der Waals surface area contributed by atoms with Crippen LogP contribution in [0.1, 0.15) is 35.3 Å². The molecule has 0 aliphatic rings. The Labute approximate surface area is 164 Å². The number of carbonyl (C=O) groups is 1. The van der Waals surface area contributed by atoms with E-state index in [-0.39, 0.29) is 28.7 Å². The number of phenols is 1. The highest BCUT2D eigenvalue weighted by Gasteiger charge is 2.25. The van der Waals surface area contributed by atoms with E-state index in [9.17, 15) is 15.0 Å². The highest BCUT2D eigenvalue weighted by atomic mass is 27.0. The van der Waals surface area contributed by atoms with Crippen molar-refractivity contribution in [3.05, 3.63) is 89.5 Å². The van der Waals surface area contributed by atoms with E-state index in [0.717, 1.165) is 22.3 Å². The maximum Gasteiger partial charge on any atom is 0.339 e. The molecule has 0 spiro atoms. The summed E-state index contributed by atoms with van der Waals surface area (Å²) in [7, 11) is 0. The number of rotatable bonds is 4. The van der Waals surface area contributed by atoms with Crippen LogP contribution in [0.25, 0.3) is 11.1 Å². The van der Waals surface area contributed by atoms with Gasteiger partial charge in [-0.15, -0.1) is 0 Å². The molecule has 26 heavy (non-hydrogen) atoms. The van der Waals surface area contributed by atoms with Gasteiger partial charge in [-0.25, -0.2) is 4.79 Å². The molecule has 3 nitrogen and oxygen atoms in total. The topological polar surface area (TPSA) is 57.5 Å². The van der Waals surface area contributed by atoms with Crippen LogP contribution in [0.15, 0.2) is 72.8 Å². The summed E-state index contributed by atoms with van der Waals surface area (Å²) >= 11 is 0. The first-order valence-electron chi connectivity index (χ1n) is 8.12. The highest BCUT2D eigenvalue weighted by molar-refractivity contribution is 5.91. The zero-order valence-corrected chi connectivity index (χ0v) is 14.2. The summed E-state index contributed by atoms with van der Waals surface area (Å²) < 4.78 is 0. The molecule has 0 heterocycles. The number of carboxylic acids is 1. The SMILES string of the molecule is CC(C)(c1cccc(-c2ccccc2)c1)c1ccc(O)c(C(=O)O)c1.[AlH3]. The number of aromatic carboxylic acids is 1. The van der Waals surface area contributed by atoms with Gasteiger partial charge in [-0.1, -0.05) is 74.5 Å². The van der Waals surface area contributed by atoms with Crippen LogP contribution in [0.5, 0.6) is 5.75 Å². The van der Waals surface area contributed by atoms with Crippen LogP contribution in [-0.4, -0.2) is 33.5 Å². The van der Waals surface area contributed by atoms with E-state index in [1.54, 1.807) is 12.1 Å². The average molecular weight is 362 g/mol. The molecule has 0 aliphatic heterocycles. The minimum Gasteiger partial charge on any atom is -0.507 e. The van der Waals surface area contributed by atoms with Crippen LogP contribution < -0.4 is 0 Å². The molecule has 3 aromatic carbocycles. The molecule has 0 aromatic heterocycles. The number of aromatic hydroxyl groups is 1. The molecule has 4 heteroatoms. The first kappa shape index (κ1) is 19.8. The minimum absolute atomic E-state index is 0. The van der Waals surface area contributed by atoms with Crippen molar-refractivity contribution < 1.29 is 15.0 Å². The van der Waals surface area contributed by atoms with Gasteiger partial charge in [-0.3, -0.25) is 0 Å². The molecule has 0 atom stereocenters. The maximum atomic E-state index is 11.3. The van der Waals surface area contributed by atoms with Gasteiger partial charge >= 0.3 is 5.97 Å². The third-order valence-corrected chi connectivity index (χ3v) is 4.64. The lowest BCUT2D eigenvalue weighted by molar-refractivity contribution is 0.0693. The first-order valence-corrected chi connectivity index (χ1v) is 8.12. The summed E-state index contributed by atoms with van der Waals surface area (Å²) in [6.45, 7) is 4.10. The summed E-state index contributed by atoms with van der Waals surface area (Å²) in [4.78, 5) is 11.3. The van der Waals surface area contributed by atoms with Crippen molar-refractivity contribution in [3.63, 3.8) is 0 Å². The molecule has 132 valence electrons. The lowest BCUT2D eigenvalue weighted by Crippen LogP contribution is -2.19. The molecule has 0 fully saturated rings. The third-order valence-electron chi connectivity index (χ3n) is 4.64. The van der Waals surface area contributed by atoms with E-state index < -0.39 is 11.4 Å². The average Bonchev–Trinajstić information content (AvgIpc) is 2.62. The second kappa shape index (κ2) is 7.78. The largest absolute Gasteiger partial charge is 0.507 e. The number of carboxylic acid groups (broad SMARTS) is 1. The fourth-order valence-electron chi connectivity index (χ4n) is 2.98.